The number of para-hydroxylation sites is 2. The molecule has 0 saturated carbocycles. The van der Waals surface area contributed by atoms with Crippen LogP contribution in [-0.4, -0.2) is 31.0 Å². The maximum atomic E-state index is 12.6. The first-order valence-electron chi connectivity index (χ1n) is 8.33. The summed E-state index contributed by atoms with van der Waals surface area (Å²) in [5.41, 5.74) is 2.21. The van der Waals surface area contributed by atoms with E-state index in [9.17, 15) is 14.9 Å². The summed E-state index contributed by atoms with van der Waals surface area (Å²) in [5, 5.41) is 13.8. The van der Waals surface area contributed by atoms with Crippen molar-refractivity contribution in [3.05, 3.63) is 63.7 Å². The van der Waals surface area contributed by atoms with Crippen LogP contribution in [0.3, 0.4) is 0 Å². The Morgan fingerprint density at radius 2 is 2.00 bits per heavy atom. The number of nitro groups is 1. The van der Waals surface area contributed by atoms with E-state index in [1.807, 2.05) is 32.2 Å². The lowest BCUT2D eigenvalue weighted by atomic mass is 10.1. The van der Waals surface area contributed by atoms with E-state index in [0.717, 1.165) is 21.8 Å². The maximum absolute atomic E-state index is 12.6. The summed E-state index contributed by atoms with van der Waals surface area (Å²) in [6.45, 7) is 4.39. The zero-order valence-electron chi connectivity index (χ0n) is 15.4. The van der Waals surface area contributed by atoms with Crippen LogP contribution in [0.15, 0.2) is 42.5 Å². The summed E-state index contributed by atoms with van der Waals surface area (Å²) < 4.78 is 5.39. The number of rotatable bonds is 7. The number of nitro benzene ring substituents is 1. The number of quaternary nitrogens is 1. The second-order valence-electron chi connectivity index (χ2n) is 6.32. The lowest BCUT2D eigenvalue weighted by Crippen LogP contribution is -3.12. The Kier molecular flexibility index (Phi) is 6.30. The maximum Gasteiger partial charge on any atom is 0.292 e. The highest BCUT2D eigenvalue weighted by molar-refractivity contribution is 5.95. The molecule has 2 aromatic rings. The molecule has 0 aliphatic carbocycles. The normalized spacial score (nSPS) is 12.9. The lowest BCUT2D eigenvalue weighted by Gasteiger charge is -2.22. The summed E-state index contributed by atoms with van der Waals surface area (Å²) >= 11 is 0. The van der Waals surface area contributed by atoms with E-state index in [1.54, 1.807) is 26.2 Å². The smallest absolute Gasteiger partial charge is 0.292 e. The van der Waals surface area contributed by atoms with Gasteiger partial charge in [-0.25, -0.2) is 0 Å². The van der Waals surface area contributed by atoms with E-state index in [0.29, 0.717) is 6.54 Å². The molecule has 1 unspecified atom stereocenters. The topological polar surface area (TPSA) is 85.9 Å². The van der Waals surface area contributed by atoms with Crippen molar-refractivity contribution in [2.45, 2.75) is 26.4 Å². The molecule has 0 spiro atoms. The van der Waals surface area contributed by atoms with Gasteiger partial charge in [0.1, 0.15) is 18.0 Å². The monoisotopic (exact) mass is 358 g/mol. The van der Waals surface area contributed by atoms with Crippen LogP contribution < -0.4 is 15.0 Å². The molecular formula is C19H24N3O4+. The van der Waals surface area contributed by atoms with Crippen LogP contribution in [0.1, 0.15) is 18.1 Å². The van der Waals surface area contributed by atoms with Crippen molar-refractivity contribution in [3.63, 3.8) is 0 Å². The number of anilines is 1. The number of amides is 1. The third-order valence-corrected chi connectivity index (χ3v) is 4.40. The van der Waals surface area contributed by atoms with Crippen molar-refractivity contribution in [2.75, 3.05) is 19.5 Å². The highest BCUT2D eigenvalue weighted by Crippen LogP contribution is 2.23. The van der Waals surface area contributed by atoms with E-state index in [4.69, 9.17) is 4.74 Å². The molecule has 0 radical (unpaired) electrons. The molecule has 2 N–H and O–H groups in total. The number of carbonyl (C=O) groups is 1. The second kappa shape index (κ2) is 8.44. The number of hydrogen-bond donors (Lipinski definition) is 2. The molecule has 26 heavy (non-hydrogen) atoms. The van der Waals surface area contributed by atoms with E-state index < -0.39 is 11.0 Å². The average Bonchev–Trinajstić information content (AvgIpc) is 2.61. The van der Waals surface area contributed by atoms with Gasteiger partial charge in [-0.3, -0.25) is 14.9 Å². The van der Waals surface area contributed by atoms with Gasteiger partial charge in [0.25, 0.3) is 11.6 Å². The lowest BCUT2D eigenvalue weighted by molar-refractivity contribution is -0.907. The van der Waals surface area contributed by atoms with Gasteiger partial charge < -0.3 is 15.0 Å². The largest absolute Gasteiger partial charge is 0.496 e. The molecule has 0 fully saturated rings. The predicted octanol–water partition coefficient (Wildman–Crippen LogP) is 1.95. The number of methoxy groups -OCH3 is 1. The quantitative estimate of drug-likeness (QED) is 0.585. The Balaban J connectivity index is 2.11. The van der Waals surface area contributed by atoms with E-state index >= 15 is 0 Å². The van der Waals surface area contributed by atoms with E-state index in [2.05, 4.69) is 5.32 Å². The fraction of sp³-hybridized carbons (Fsp3) is 0.316. The van der Waals surface area contributed by atoms with Crippen LogP contribution in [0.5, 0.6) is 5.75 Å². The van der Waals surface area contributed by atoms with Gasteiger partial charge in [-0.05, 0) is 32.0 Å². The molecule has 0 saturated heterocycles. The van der Waals surface area contributed by atoms with Crippen molar-refractivity contribution in [2.24, 2.45) is 0 Å². The number of nitrogens with one attached hydrogen (secondary N) is 2. The summed E-state index contributed by atoms with van der Waals surface area (Å²) in [5.74, 6) is 0.504. The molecular weight excluding hydrogens is 334 g/mol. The van der Waals surface area contributed by atoms with Crippen molar-refractivity contribution < 1.29 is 19.4 Å². The average molecular weight is 358 g/mol. The molecule has 1 amide bonds. The summed E-state index contributed by atoms with van der Waals surface area (Å²) in [4.78, 5) is 24.1. The number of aryl methyl sites for hydroxylation is 1. The van der Waals surface area contributed by atoms with Gasteiger partial charge in [0.2, 0.25) is 0 Å². The molecule has 7 heteroatoms. The van der Waals surface area contributed by atoms with Crippen LogP contribution in [0.25, 0.3) is 0 Å². The molecule has 0 bridgehead atoms. The molecule has 0 aliphatic heterocycles. The Bertz CT molecular complexity index is 807. The minimum absolute atomic E-state index is 0.119. The van der Waals surface area contributed by atoms with Gasteiger partial charge in [-0.1, -0.05) is 23.8 Å². The summed E-state index contributed by atoms with van der Waals surface area (Å²) in [7, 11) is 3.53. The zero-order chi connectivity index (χ0) is 19.3. The minimum Gasteiger partial charge on any atom is -0.496 e. The van der Waals surface area contributed by atoms with Gasteiger partial charge in [-0.2, -0.15) is 0 Å². The highest BCUT2D eigenvalue weighted by atomic mass is 16.6. The third-order valence-electron chi connectivity index (χ3n) is 4.40. The van der Waals surface area contributed by atoms with E-state index in [-0.39, 0.29) is 17.3 Å². The predicted molar refractivity (Wildman–Crippen MR) is 99.5 cm³/mol. The van der Waals surface area contributed by atoms with Crippen molar-refractivity contribution in [3.8, 4) is 5.75 Å². The van der Waals surface area contributed by atoms with Gasteiger partial charge in [-0.15, -0.1) is 0 Å². The molecule has 2 aromatic carbocycles. The van der Waals surface area contributed by atoms with Gasteiger partial charge in [0.05, 0.1) is 19.1 Å². The van der Waals surface area contributed by atoms with E-state index in [1.165, 1.54) is 12.1 Å². The van der Waals surface area contributed by atoms with Crippen LogP contribution in [0, 0.1) is 17.0 Å². The zero-order valence-corrected chi connectivity index (χ0v) is 15.4. The number of benzene rings is 2. The van der Waals surface area contributed by atoms with Crippen LogP contribution in [0.4, 0.5) is 11.4 Å². The SMILES string of the molecule is COc1ccc(C)cc1C[NH+](C)[C@H](C)C(=O)Nc1ccccc1[N+](=O)[O-]. The Morgan fingerprint density at radius 3 is 2.65 bits per heavy atom. The molecule has 2 atom stereocenters. The summed E-state index contributed by atoms with van der Waals surface area (Å²) in [6, 6.07) is 11.6. The first kappa shape index (κ1) is 19.4. The van der Waals surface area contributed by atoms with Crippen molar-refractivity contribution in [1.29, 1.82) is 0 Å². The fourth-order valence-corrected chi connectivity index (χ4v) is 2.70. The Morgan fingerprint density at radius 1 is 1.31 bits per heavy atom. The number of carbonyl (C=O) groups excluding carboxylic acids is 1. The molecule has 0 heterocycles. The number of ether oxygens (including phenoxy) is 1. The van der Waals surface area contributed by atoms with Crippen molar-refractivity contribution in [1.82, 2.24) is 0 Å². The molecule has 2 rings (SSSR count). The number of hydrogen-bond acceptors (Lipinski definition) is 4. The van der Waals surface area contributed by atoms with Gasteiger partial charge in [0, 0.05) is 11.6 Å². The highest BCUT2D eigenvalue weighted by Gasteiger charge is 2.25. The Hall–Kier alpha value is -2.93. The minimum atomic E-state index is -0.505. The Labute approximate surface area is 152 Å². The van der Waals surface area contributed by atoms with Crippen molar-refractivity contribution >= 4 is 17.3 Å². The van der Waals surface area contributed by atoms with Crippen LogP contribution >= 0.6 is 0 Å². The molecule has 0 aliphatic rings. The standard InChI is InChI=1S/C19H23N3O4/c1-13-9-10-18(26-4)15(11-13)12-21(3)14(2)19(23)20-16-7-5-6-8-17(16)22(24)25/h5-11,14H,12H2,1-4H3,(H,20,23)/p+1/t14-/m1/s1. The molecule has 0 aromatic heterocycles. The van der Waals surface area contributed by atoms with Crippen LogP contribution in [0.2, 0.25) is 0 Å². The van der Waals surface area contributed by atoms with Gasteiger partial charge in [0.15, 0.2) is 6.04 Å². The second-order valence-corrected chi connectivity index (χ2v) is 6.32. The molecule has 7 nitrogen and oxygen atoms in total. The van der Waals surface area contributed by atoms with Gasteiger partial charge >= 0.3 is 0 Å². The molecule has 138 valence electrons. The number of nitrogens with zero attached hydrogens (tertiary/aromatic N) is 1. The fourth-order valence-electron chi connectivity index (χ4n) is 2.70. The third kappa shape index (κ3) is 4.58. The first-order chi connectivity index (χ1) is 12.3. The summed E-state index contributed by atoms with van der Waals surface area (Å²) in [6.07, 6.45) is 0. The first-order valence-corrected chi connectivity index (χ1v) is 8.33. The number of likely N-dealkylation sites (N-methyl/N-ethyl adjacent to an activating group) is 1. The van der Waals surface area contributed by atoms with Crippen LogP contribution in [-0.2, 0) is 11.3 Å².